The van der Waals surface area contributed by atoms with Gasteiger partial charge in [0.1, 0.15) is 0 Å². The van der Waals surface area contributed by atoms with E-state index in [-0.39, 0.29) is 24.4 Å². The summed E-state index contributed by atoms with van der Waals surface area (Å²) in [5, 5.41) is 2.87. The molecule has 0 aliphatic carbocycles. The van der Waals surface area contributed by atoms with Crippen LogP contribution in [0.25, 0.3) is 0 Å². The van der Waals surface area contributed by atoms with E-state index in [1.807, 2.05) is 45.0 Å². The number of anilines is 2. The Bertz CT molecular complexity index is 731. The van der Waals surface area contributed by atoms with Gasteiger partial charge in [0, 0.05) is 37.3 Å². The lowest BCUT2D eigenvalue weighted by atomic mass is 9.99. The number of benzene rings is 1. The van der Waals surface area contributed by atoms with Crippen molar-refractivity contribution in [1.82, 2.24) is 5.32 Å². The number of rotatable bonds is 6. The number of hydrogen-bond donors (Lipinski definition) is 1. The van der Waals surface area contributed by atoms with Gasteiger partial charge in [0.15, 0.2) is 0 Å². The number of nitrogens with zero attached hydrogens (tertiary/aromatic N) is 2. The average molecular weight is 396 g/mol. The van der Waals surface area contributed by atoms with Gasteiger partial charge in [0.25, 0.3) is 0 Å². The van der Waals surface area contributed by atoms with Crippen molar-refractivity contribution in [2.75, 3.05) is 35.1 Å². The van der Waals surface area contributed by atoms with Crippen molar-refractivity contribution in [3.63, 3.8) is 0 Å². The van der Waals surface area contributed by atoms with Crippen molar-refractivity contribution >= 4 is 27.3 Å². The molecule has 0 atom stereocenters. The molecule has 1 aromatic rings. The van der Waals surface area contributed by atoms with Crippen molar-refractivity contribution in [3.05, 3.63) is 24.3 Å². The molecule has 2 rings (SSSR count). The summed E-state index contributed by atoms with van der Waals surface area (Å²) >= 11 is 0. The van der Waals surface area contributed by atoms with Crippen molar-refractivity contribution < 1.29 is 13.2 Å². The molecule has 0 unspecified atom stereocenters. The van der Waals surface area contributed by atoms with Crippen molar-refractivity contribution in [1.29, 1.82) is 0 Å². The second-order valence-electron chi connectivity index (χ2n) is 8.57. The highest BCUT2D eigenvalue weighted by Crippen LogP contribution is 2.26. The third kappa shape index (κ3) is 6.72. The zero-order chi connectivity index (χ0) is 20.2. The SMILES string of the molecule is CC1CCN(c2ccc(N(CCC(=O)NC(C)(C)C)S(C)(=O)=O)cc2)CC1. The van der Waals surface area contributed by atoms with Gasteiger partial charge in [-0.25, -0.2) is 8.42 Å². The van der Waals surface area contributed by atoms with Gasteiger partial charge in [-0.15, -0.1) is 0 Å². The summed E-state index contributed by atoms with van der Waals surface area (Å²) in [4.78, 5) is 14.4. The molecule has 1 saturated heterocycles. The Morgan fingerprint density at radius 1 is 1.19 bits per heavy atom. The summed E-state index contributed by atoms with van der Waals surface area (Å²) in [6, 6.07) is 7.60. The minimum atomic E-state index is -3.46. The minimum absolute atomic E-state index is 0.121. The van der Waals surface area contributed by atoms with E-state index in [2.05, 4.69) is 17.1 Å². The van der Waals surface area contributed by atoms with Gasteiger partial charge in [0.05, 0.1) is 11.9 Å². The van der Waals surface area contributed by atoms with Crippen molar-refractivity contribution in [3.8, 4) is 0 Å². The zero-order valence-corrected chi connectivity index (χ0v) is 18.0. The van der Waals surface area contributed by atoms with E-state index in [0.29, 0.717) is 5.69 Å². The van der Waals surface area contributed by atoms with E-state index in [4.69, 9.17) is 0 Å². The fraction of sp³-hybridized carbons (Fsp3) is 0.650. The molecule has 0 radical (unpaired) electrons. The third-order valence-corrected chi connectivity index (χ3v) is 5.94. The Labute approximate surface area is 164 Å². The summed E-state index contributed by atoms with van der Waals surface area (Å²) in [5.74, 6) is 0.607. The van der Waals surface area contributed by atoms with Crippen LogP contribution in [0.1, 0.15) is 47.0 Å². The van der Waals surface area contributed by atoms with E-state index in [0.717, 1.165) is 24.7 Å². The highest BCUT2D eigenvalue weighted by Gasteiger charge is 2.21. The van der Waals surface area contributed by atoms with Crippen LogP contribution in [0.15, 0.2) is 24.3 Å². The molecule has 152 valence electrons. The molecular formula is C20H33N3O3S. The van der Waals surface area contributed by atoms with E-state index in [1.54, 1.807) is 0 Å². The van der Waals surface area contributed by atoms with Crippen LogP contribution in [0.5, 0.6) is 0 Å². The number of nitrogens with one attached hydrogen (secondary N) is 1. The summed E-state index contributed by atoms with van der Waals surface area (Å²) in [5.41, 5.74) is 1.38. The van der Waals surface area contributed by atoms with Crippen LogP contribution in [-0.2, 0) is 14.8 Å². The fourth-order valence-corrected chi connectivity index (χ4v) is 4.19. The molecule has 7 heteroatoms. The fourth-order valence-electron chi connectivity index (χ4n) is 3.27. The minimum Gasteiger partial charge on any atom is -0.372 e. The second-order valence-corrected chi connectivity index (χ2v) is 10.5. The third-order valence-electron chi connectivity index (χ3n) is 4.74. The first-order valence-corrected chi connectivity index (χ1v) is 11.4. The summed E-state index contributed by atoms with van der Waals surface area (Å²) in [6.07, 6.45) is 3.66. The van der Waals surface area contributed by atoms with Gasteiger partial charge in [-0.3, -0.25) is 9.10 Å². The van der Waals surface area contributed by atoms with Gasteiger partial charge >= 0.3 is 0 Å². The summed E-state index contributed by atoms with van der Waals surface area (Å²) in [6.45, 7) is 10.2. The molecule has 1 aliphatic rings. The normalized spacial score (nSPS) is 16.3. The molecular weight excluding hydrogens is 362 g/mol. The van der Waals surface area contributed by atoms with Gasteiger partial charge in [-0.2, -0.15) is 0 Å². The van der Waals surface area contributed by atoms with Gasteiger partial charge in [0.2, 0.25) is 15.9 Å². The van der Waals surface area contributed by atoms with Gasteiger partial charge in [-0.05, 0) is 63.8 Å². The maximum Gasteiger partial charge on any atom is 0.232 e. The molecule has 27 heavy (non-hydrogen) atoms. The first-order chi connectivity index (χ1) is 12.5. The Morgan fingerprint density at radius 2 is 1.74 bits per heavy atom. The number of sulfonamides is 1. The van der Waals surface area contributed by atoms with Crippen LogP contribution in [0.4, 0.5) is 11.4 Å². The van der Waals surface area contributed by atoms with Crippen LogP contribution in [0, 0.1) is 5.92 Å². The maximum atomic E-state index is 12.2. The Morgan fingerprint density at radius 3 is 2.22 bits per heavy atom. The number of carbonyl (C=O) groups is 1. The first-order valence-electron chi connectivity index (χ1n) is 9.59. The molecule has 0 saturated carbocycles. The molecule has 1 aliphatic heterocycles. The molecule has 1 heterocycles. The quantitative estimate of drug-likeness (QED) is 0.804. The van der Waals surface area contributed by atoms with Crippen LogP contribution >= 0.6 is 0 Å². The second kappa shape index (κ2) is 8.50. The van der Waals surface area contributed by atoms with Crippen LogP contribution in [0.2, 0.25) is 0 Å². The molecule has 1 N–H and O–H groups in total. The molecule has 0 aromatic heterocycles. The molecule has 6 nitrogen and oxygen atoms in total. The number of carbonyl (C=O) groups excluding carboxylic acids is 1. The predicted molar refractivity (Wildman–Crippen MR) is 112 cm³/mol. The molecule has 1 amide bonds. The Balaban J connectivity index is 2.07. The van der Waals surface area contributed by atoms with E-state index < -0.39 is 10.0 Å². The van der Waals surface area contributed by atoms with Gasteiger partial charge in [-0.1, -0.05) is 6.92 Å². The predicted octanol–water partition coefficient (Wildman–Crippen LogP) is 2.99. The van der Waals surface area contributed by atoms with Gasteiger partial charge < -0.3 is 10.2 Å². The monoisotopic (exact) mass is 395 g/mol. The zero-order valence-electron chi connectivity index (χ0n) is 17.2. The standard InChI is InChI=1S/C20H33N3O3S/c1-16-10-13-22(14-11-16)17-6-8-18(9-7-17)23(27(5,25)26)15-12-19(24)21-20(2,3)4/h6-9,16H,10-15H2,1-5H3,(H,21,24). The van der Waals surface area contributed by atoms with Crippen LogP contribution in [0.3, 0.4) is 0 Å². The molecule has 1 fully saturated rings. The molecule has 0 bridgehead atoms. The smallest absolute Gasteiger partial charge is 0.232 e. The highest BCUT2D eigenvalue weighted by molar-refractivity contribution is 7.92. The number of hydrogen-bond acceptors (Lipinski definition) is 4. The lowest BCUT2D eigenvalue weighted by molar-refractivity contribution is -0.122. The Kier molecular flexibility index (Phi) is 6.78. The largest absolute Gasteiger partial charge is 0.372 e. The van der Waals surface area contributed by atoms with E-state index in [9.17, 15) is 13.2 Å². The van der Waals surface area contributed by atoms with Crippen molar-refractivity contribution in [2.45, 2.75) is 52.5 Å². The first kappa shape index (κ1) is 21.5. The number of amides is 1. The van der Waals surface area contributed by atoms with Crippen LogP contribution < -0.4 is 14.5 Å². The maximum absolute atomic E-state index is 12.2. The molecule has 1 aromatic carbocycles. The summed E-state index contributed by atoms with van der Waals surface area (Å²) < 4.78 is 25.8. The van der Waals surface area contributed by atoms with Crippen molar-refractivity contribution in [2.24, 2.45) is 5.92 Å². The van der Waals surface area contributed by atoms with E-state index >= 15 is 0 Å². The van der Waals surface area contributed by atoms with Crippen LogP contribution in [-0.4, -0.2) is 45.8 Å². The molecule has 0 spiro atoms. The summed E-state index contributed by atoms with van der Waals surface area (Å²) in [7, 11) is -3.46. The Hall–Kier alpha value is -1.76. The number of piperidine rings is 1. The lowest BCUT2D eigenvalue weighted by Crippen LogP contribution is -2.42. The van der Waals surface area contributed by atoms with E-state index in [1.165, 1.54) is 23.4 Å². The topological polar surface area (TPSA) is 69.7 Å². The average Bonchev–Trinajstić information content (AvgIpc) is 2.53. The highest BCUT2D eigenvalue weighted by atomic mass is 32.2. The lowest BCUT2D eigenvalue weighted by Gasteiger charge is -2.32.